The first kappa shape index (κ1) is 13.7. The van der Waals surface area contributed by atoms with Gasteiger partial charge in [0.05, 0.1) is 4.92 Å². The Kier molecular flexibility index (Phi) is 4.10. The van der Waals surface area contributed by atoms with E-state index < -0.39 is 4.92 Å². The predicted octanol–water partition coefficient (Wildman–Crippen LogP) is 3.16. The third-order valence-corrected chi connectivity index (χ3v) is 2.79. The molecule has 0 saturated carbocycles. The van der Waals surface area contributed by atoms with Crippen LogP contribution >= 0.6 is 0 Å². The van der Waals surface area contributed by atoms with Crippen molar-refractivity contribution in [3.05, 3.63) is 69.8 Å². The van der Waals surface area contributed by atoms with Crippen LogP contribution in [0.3, 0.4) is 0 Å². The summed E-state index contributed by atoms with van der Waals surface area (Å²) in [6, 6.07) is 13.1. The van der Waals surface area contributed by atoms with Gasteiger partial charge < -0.3 is 4.74 Å². The fourth-order valence-electron chi connectivity index (χ4n) is 1.70. The zero-order valence-corrected chi connectivity index (χ0v) is 10.9. The first-order chi connectivity index (χ1) is 9.58. The van der Waals surface area contributed by atoms with E-state index in [1.54, 1.807) is 24.3 Å². The summed E-state index contributed by atoms with van der Waals surface area (Å²) < 4.78 is 5.25. The van der Waals surface area contributed by atoms with E-state index >= 15 is 0 Å². The molecule has 0 aliphatic heterocycles. The van der Waals surface area contributed by atoms with Crippen LogP contribution in [0.1, 0.15) is 15.9 Å². The number of nitro groups is 1. The van der Waals surface area contributed by atoms with Gasteiger partial charge in [-0.05, 0) is 13.0 Å². The molecule has 102 valence electrons. The lowest BCUT2D eigenvalue weighted by Gasteiger charge is -2.06. The molecule has 0 aromatic heterocycles. The van der Waals surface area contributed by atoms with Crippen molar-refractivity contribution in [1.82, 2.24) is 0 Å². The highest BCUT2D eigenvalue weighted by atomic mass is 16.6. The minimum absolute atomic E-state index is 0.0953. The van der Waals surface area contributed by atoms with Crippen molar-refractivity contribution < 1.29 is 14.5 Å². The molecule has 0 aliphatic carbocycles. The molecule has 0 fully saturated rings. The molecule has 2 aromatic rings. The van der Waals surface area contributed by atoms with Gasteiger partial charge in [0, 0.05) is 11.6 Å². The van der Waals surface area contributed by atoms with E-state index in [0.717, 1.165) is 5.56 Å². The van der Waals surface area contributed by atoms with E-state index in [2.05, 4.69) is 0 Å². The summed E-state index contributed by atoms with van der Waals surface area (Å²) in [5, 5.41) is 10.8. The zero-order chi connectivity index (χ0) is 14.5. The molecule has 0 unspecified atom stereocenters. The molecule has 0 atom stereocenters. The van der Waals surface area contributed by atoms with Gasteiger partial charge in [0.15, 0.2) is 18.1 Å². The highest BCUT2D eigenvalue weighted by Gasteiger charge is 2.15. The fraction of sp³-hybridized carbons (Fsp3) is 0.133. The lowest BCUT2D eigenvalue weighted by Crippen LogP contribution is -2.12. The molecule has 5 nitrogen and oxygen atoms in total. The topological polar surface area (TPSA) is 69.4 Å². The van der Waals surface area contributed by atoms with Gasteiger partial charge in [0.25, 0.3) is 0 Å². The number of benzene rings is 2. The molecule has 5 heteroatoms. The monoisotopic (exact) mass is 271 g/mol. The fourth-order valence-corrected chi connectivity index (χ4v) is 1.70. The number of carbonyl (C=O) groups excluding carboxylic acids is 1. The van der Waals surface area contributed by atoms with Crippen molar-refractivity contribution in [2.45, 2.75) is 6.92 Å². The molecule has 0 aliphatic rings. The number of Topliss-reactive ketones (excluding diaryl/α,β-unsaturated/α-hetero) is 1. The Morgan fingerprint density at radius 1 is 1.15 bits per heavy atom. The van der Waals surface area contributed by atoms with E-state index in [1.165, 1.54) is 12.1 Å². The smallest absolute Gasteiger partial charge is 0.310 e. The number of hydrogen-bond acceptors (Lipinski definition) is 4. The van der Waals surface area contributed by atoms with Crippen LogP contribution in [-0.4, -0.2) is 17.3 Å². The Bertz CT molecular complexity index is 635. The van der Waals surface area contributed by atoms with Gasteiger partial charge in [-0.15, -0.1) is 0 Å². The minimum Gasteiger partial charge on any atom is -0.478 e. The zero-order valence-electron chi connectivity index (χ0n) is 10.9. The van der Waals surface area contributed by atoms with Gasteiger partial charge >= 0.3 is 5.69 Å². The number of ketones is 1. The van der Waals surface area contributed by atoms with E-state index in [4.69, 9.17) is 4.74 Å². The van der Waals surface area contributed by atoms with Crippen molar-refractivity contribution in [2.24, 2.45) is 0 Å². The van der Waals surface area contributed by atoms with E-state index in [1.807, 2.05) is 19.1 Å². The van der Waals surface area contributed by atoms with Crippen LogP contribution in [0.5, 0.6) is 5.75 Å². The van der Waals surface area contributed by atoms with Crippen LogP contribution < -0.4 is 4.74 Å². The van der Waals surface area contributed by atoms with Crippen molar-refractivity contribution in [2.75, 3.05) is 6.61 Å². The van der Waals surface area contributed by atoms with Gasteiger partial charge in [-0.2, -0.15) is 0 Å². The molecular weight excluding hydrogens is 258 g/mol. The van der Waals surface area contributed by atoms with Gasteiger partial charge in [0.2, 0.25) is 0 Å². The number of nitrogens with zero attached hydrogens (tertiary/aromatic N) is 1. The molecular formula is C15H13NO4. The molecule has 0 bridgehead atoms. The Hall–Kier alpha value is -2.69. The normalized spacial score (nSPS) is 10.1. The number of rotatable bonds is 5. The van der Waals surface area contributed by atoms with Gasteiger partial charge in [-0.3, -0.25) is 14.9 Å². The van der Waals surface area contributed by atoms with Gasteiger partial charge in [-0.25, -0.2) is 0 Å². The number of nitro benzene ring substituents is 1. The molecule has 0 heterocycles. The largest absolute Gasteiger partial charge is 0.478 e. The maximum absolute atomic E-state index is 11.9. The van der Waals surface area contributed by atoms with Crippen molar-refractivity contribution in [3.63, 3.8) is 0 Å². The molecule has 20 heavy (non-hydrogen) atoms. The Morgan fingerprint density at radius 2 is 1.80 bits per heavy atom. The summed E-state index contributed by atoms with van der Waals surface area (Å²) in [6.07, 6.45) is 0. The average molecular weight is 271 g/mol. The Morgan fingerprint density at radius 3 is 2.45 bits per heavy atom. The van der Waals surface area contributed by atoms with Crippen LogP contribution in [0.2, 0.25) is 0 Å². The average Bonchev–Trinajstić information content (AvgIpc) is 2.45. The number of carbonyl (C=O) groups is 1. The lowest BCUT2D eigenvalue weighted by molar-refractivity contribution is -0.385. The van der Waals surface area contributed by atoms with E-state index in [-0.39, 0.29) is 23.8 Å². The lowest BCUT2D eigenvalue weighted by atomic mass is 10.1. The maximum Gasteiger partial charge on any atom is 0.310 e. The highest BCUT2D eigenvalue weighted by molar-refractivity contribution is 5.97. The summed E-state index contributed by atoms with van der Waals surface area (Å²) in [4.78, 5) is 22.2. The number of ether oxygens (including phenoxy) is 1. The molecule has 0 radical (unpaired) electrons. The third kappa shape index (κ3) is 3.20. The molecule has 0 spiro atoms. The number of para-hydroxylation sites is 2. The first-order valence-electron chi connectivity index (χ1n) is 6.04. The summed E-state index contributed by atoms with van der Waals surface area (Å²) in [5.41, 5.74) is 1.43. The molecule has 2 rings (SSSR count). The van der Waals surface area contributed by atoms with E-state index in [0.29, 0.717) is 5.56 Å². The van der Waals surface area contributed by atoms with Crippen molar-refractivity contribution >= 4 is 11.5 Å². The second-order valence-electron chi connectivity index (χ2n) is 4.30. The van der Waals surface area contributed by atoms with E-state index in [9.17, 15) is 14.9 Å². The number of aryl methyl sites for hydroxylation is 1. The second kappa shape index (κ2) is 5.97. The van der Waals surface area contributed by atoms with Crippen molar-refractivity contribution in [1.29, 1.82) is 0 Å². The predicted molar refractivity (Wildman–Crippen MR) is 74.1 cm³/mol. The summed E-state index contributed by atoms with van der Waals surface area (Å²) in [7, 11) is 0. The SMILES string of the molecule is Cc1ccc(C(=O)COc2ccccc2[N+](=O)[O-])cc1. The second-order valence-corrected chi connectivity index (χ2v) is 4.30. The van der Waals surface area contributed by atoms with Crippen molar-refractivity contribution in [3.8, 4) is 5.75 Å². The molecule has 0 saturated heterocycles. The third-order valence-electron chi connectivity index (χ3n) is 2.79. The highest BCUT2D eigenvalue weighted by Crippen LogP contribution is 2.25. The Labute approximate surface area is 116 Å². The Balaban J connectivity index is 2.07. The number of hydrogen-bond donors (Lipinski definition) is 0. The van der Waals surface area contributed by atoms with Gasteiger partial charge in [0.1, 0.15) is 0 Å². The summed E-state index contributed by atoms with van der Waals surface area (Å²) in [6.45, 7) is 1.70. The standard InChI is InChI=1S/C15H13NO4/c1-11-6-8-12(9-7-11)14(17)10-20-15-5-3-2-4-13(15)16(18)19/h2-9H,10H2,1H3. The van der Waals surface area contributed by atoms with Crippen LogP contribution in [0.25, 0.3) is 0 Å². The van der Waals surface area contributed by atoms with Crippen LogP contribution in [-0.2, 0) is 0 Å². The first-order valence-corrected chi connectivity index (χ1v) is 6.04. The molecule has 2 aromatic carbocycles. The van der Waals surface area contributed by atoms with Crippen LogP contribution in [0.15, 0.2) is 48.5 Å². The quantitative estimate of drug-likeness (QED) is 0.476. The van der Waals surface area contributed by atoms with Crippen LogP contribution in [0.4, 0.5) is 5.69 Å². The molecule has 0 amide bonds. The van der Waals surface area contributed by atoms with Crippen LogP contribution in [0, 0.1) is 17.0 Å². The minimum atomic E-state index is -0.536. The van der Waals surface area contributed by atoms with Gasteiger partial charge in [-0.1, -0.05) is 42.0 Å². The maximum atomic E-state index is 11.9. The summed E-state index contributed by atoms with van der Waals surface area (Å²) in [5.74, 6) is -0.124. The molecule has 0 N–H and O–H groups in total. The summed E-state index contributed by atoms with van der Waals surface area (Å²) >= 11 is 0.